The van der Waals surface area contributed by atoms with Crippen LogP contribution in [0.3, 0.4) is 0 Å². The van der Waals surface area contributed by atoms with Crippen molar-refractivity contribution in [2.45, 2.75) is 13.1 Å². The molecule has 0 bridgehead atoms. The van der Waals surface area contributed by atoms with E-state index in [9.17, 15) is 22.4 Å². The largest absolute Gasteiger partial charge is 0.494 e. The molecule has 11 heteroatoms. The Hall–Kier alpha value is -3.50. The van der Waals surface area contributed by atoms with Gasteiger partial charge < -0.3 is 10.1 Å². The minimum Gasteiger partial charge on any atom is -0.494 e. The van der Waals surface area contributed by atoms with Crippen LogP contribution < -0.4 is 10.1 Å². The Bertz CT molecular complexity index is 1030. The first-order valence-electron chi connectivity index (χ1n) is 7.82. The standard InChI is InChI=1S/C17H13F4N5O2/c1-9-23-24-25-26(9)14-8-11(4-6-15(14)28-2)22-16(27)10-3-5-13(18)12(7-10)17(19,20)21/h3-8H,1-2H3,(H,22,27). The molecule has 0 aliphatic heterocycles. The Balaban J connectivity index is 1.92. The summed E-state index contributed by atoms with van der Waals surface area (Å²) in [4.78, 5) is 12.3. The number of aryl methyl sites for hydroxylation is 1. The molecule has 0 unspecified atom stereocenters. The van der Waals surface area contributed by atoms with E-state index in [2.05, 4.69) is 20.8 Å². The van der Waals surface area contributed by atoms with Crippen LogP contribution in [0.15, 0.2) is 36.4 Å². The predicted molar refractivity (Wildman–Crippen MR) is 89.8 cm³/mol. The van der Waals surface area contributed by atoms with Crippen LogP contribution >= 0.6 is 0 Å². The summed E-state index contributed by atoms with van der Waals surface area (Å²) in [6.45, 7) is 1.65. The summed E-state index contributed by atoms with van der Waals surface area (Å²) in [7, 11) is 1.44. The number of alkyl halides is 3. The van der Waals surface area contributed by atoms with Gasteiger partial charge in [0.05, 0.1) is 12.7 Å². The summed E-state index contributed by atoms with van der Waals surface area (Å²) in [6.07, 6.45) is -4.91. The van der Waals surface area contributed by atoms with Crippen LogP contribution in [0.2, 0.25) is 0 Å². The lowest BCUT2D eigenvalue weighted by molar-refractivity contribution is -0.140. The van der Waals surface area contributed by atoms with Crippen molar-refractivity contribution >= 4 is 11.6 Å². The third-order valence-corrected chi connectivity index (χ3v) is 3.82. The lowest BCUT2D eigenvalue weighted by Gasteiger charge is -2.13. The van der Waals surface area contributed by atoms with E-state index in [4.69, 9.17) is 4.74 Å². The van der Waals surface area contributed by atoms with Crippen LogP contribution in [0.5, 0.6) is 5.75 Å². The fourth-order valence-corrected chi connectivity index (χ4v) is 2.47. The summed E-state index contributed by atoms with van der Waals surface area (Å²) in [5.74, 6) is -1.43. The second kappa shape index (κ2) is 7.25. The summed E-state index contributed by atoms with van der Waals surface area (Å²) in [5.41, 5.74) is -1.18. The summed E-state index contributed by atoms with van der Waals surface area (Å²) >= 11 is 0. The molecule has 28 heavy (non-hydrogen) atoms. The molecule has 0 fully saturated rings. The van der Waals surface area contributed by atoms with Gasteiger partial charge in [0.2, 0.25) is 0 Å². The van der Waals surface area contributed by atoms with Gasteiger partial charge in [-0.3, -0.25) is 4.79 Å². The summed E-state index contributed by atoms with van der Waals surface area (Å²) in [6, 6.07) is 6.55. The van der Waals surface area contributed by atoms with Crippen molar-refractivity contribution in [2.75, 3.05) is 12.4 Å². The van der Waals surface area contributed by atoms with E-state index in [1.54, 1.807) is 6.92 Å². The minimum atomic E-state index is -4.91. The maximum atomic E-state index is 13.4. The highest BCUT2D eigenvalue weighted by atomic mass is 19.4. The average Bonchev–Trinajstić information content (AvgIpc) is 3.06. The van der Waals surface area contributed by atoms with Gasteiger partial charge in [-0.1, -0.05) is 0 Å². The van der Waals surface area contributed by atoms with E-state index in [0.29, 0.717) is 29.4 Å². The fourth-order valence-electron chi connectivity index (χ4n) is 2.47. The second-order valence-corrected chi connectivity index (χ2v) is 5.67. The smallest absolute Gasteiger partial charge is 0.419 e. The first-order chi connectivity index (χ1) is 13.2. The Morgan fingerprint density at radius 3 is 2.54 bits per heavy atom. The lowest BCUT2D eigenvalue weighted by Crippen LogP contribution is -2.15. The zero-order chi connectivity index (χ0) is 20.5. The number of nitrogens with one attached hydrogen (secondary N) is 1. The molecule has 1 N–H and O–H groups in total. The van der Waals surface area contributed by atoms with Crippen LogP contribution in [0.25, 0.3) is 5.69 Å². The number of aromatic nitrogens is 4. The van der Waals surface area contributed by atoms with Gasteiger partial charge in [-0.15, -0.1) is 5.10 Å². The predicted octanol–water partition coefficient (Wildman–Crippen LogP) is 3.39. The molecule has 0 saturated carbocycles. The molecule has 7 nitrogen and oxygen atoms in total. The van der Waals surface area contributed by atoms with Crippen molar-refractivity contribution in [1.29, 1.82) is 0 Å². The molecule has 0 saturated heterocycles. The number of anilines is 1. The Labute approximate surface area is 155 Å². The van der Waals surface area contributed by atoms with Crippen LogP contribution in [0.1, 0.15) is 21.7 Å². The maximum Gasteiger partial charge on any atom is 0.419 e. The maximum absolute atomic E-state index is 13.4. The molecule has 0 spiro atoms. The molecule has 0 aliphatic carbocycles. The van der Waals surface area contributed by atoms with E-state index in [-0.39, 0.29) is 11.3 Å². The van der Waals surface area contributed by atoms with E-state index in [1.807, 2.05) is 0 Å². The number of rotatable bonds is 4. The van der Waals surface area contributed by atoms with Crippen LogP contribution in [-0.2, 0) is 6.18 Å². The number of nitrogens with zero attached hydrogens (tertiary/aromatic N) is 4. The first kappa shape index (κ1) is 19.3. The van der Waals surface area contributed by atoms with Gasteiger partial charge in [0.25, 0.3) is 5.91 Å². The second-order valence-electron chi connectivity index (χ2n) is 5.67. The van der Waals surface area contributed by atoms with Gasteiger partial charge in [0.15, 0.2) is 5.82 Å². The quantitative estimate of drug-likeness (QED) is 0.685. The van der Waals surface area contributed by atoms with E-state index in [0.717, 1.165) is 6.07 Å². The average molecular weight is 395 g/mol. The van der Waals surface area contributed by atoms with Gasteiger partial charge in [-0.25, -0.2) is 4.39 Å². The minimum absolute atomic E-state index is 0.258. The topological polar surface area (TPSA) is 81.9 Å². The molecular formula is C17H13F4N5O2. The van der Waals surface area contributed by atoms with Crippen molar-refractivity contribution in [2.24, 2.45) is 0 Å². The van der Waals surface area contributed by atoms with Crippen LogP contribution in [0.4, 0.5) is 23.2 Å². The monoisotopic (exact) mass is 395 g/mol. The number of benzene rings is 2. The Morgan fingerprint density at radius 1 is 1.18 bits per heavy atom. The molecule has 3 rings (SSSR count). The highest BCUT2D eigenvalue weighted by Crippen LogP contribution is 2.32. The first-order valence-corrected chi connectivity index (χ1v) is 7.82. The molecule has 1 aromatic heterocycles. The Morgan fingerprint density at radius 2 is 1.93 bits per heavy atom. The Kier molecular flexibility index (Phi) is 4.99. The number of methoxy groups -OCH3 is 1. The SMILES string of the molecule is COc1ccc(NC(=O)c2ccc(F)c(C(F)(F)F)c2)cc1-n1nnnc1C. The number of ether oxygens (including phenoxy) is 1. The zero-order valence-corrected chi connectivity index (χ0v) is 14.6. The van der Waals surface area contributed by atoms with Gasteiger partial charge in [-0.2, -0.15) is 17.9 Å². The van der Waals surface area contributed by atoms with E-state index >= 15 is 0 Å². The number of hydrogen-bond acceptors (Lipinski definition) is 5. The van der Waals surface area contributed by atoms with E-state index < -0.39 is 23.5 Å². The van der Waals surface area contributed by atoms with Gasteiger partial charge in [0, 0.05) is 11.3 Å². The van der Waals surface area contributed by atoms with Crippen molar-refractivity contribution in [3.05, 3.63) is 59.2 Å². The lowest BCUT2D eigenvalue weighted by atomic mass is 10.1. The normalized spacial score (nSPS) is 11.4. The molecule has 2 aromatic carbocycles. The van der Waals surface area contributed by atoms with Crippen molar-refractivity contribution in [3.8, 4) is 11.4 Å². The molecule has 0 radical (unpaired) electrons. The van der Waals surface area contributed by atoms with Crippen molar-refractivity contribution in [1.82, 2.24) is 20.2 Å². The van der Waals surface area contributed by atoms with Crippen LogP contribution in [0, 0.1) is 12.7 Å². The highest BCUT2D eigenvalue weighted by Gasteiger charge is 2.34. The molecule has 0 atom stereocenters. The van der Waals surface area contributed by atoms with Gasteiger partial charge >= 0.3 is 6.18 Å². The fraction of sp³-hybridized carbons (Fsp3) is 0.176. The third-order valence-electron chi connectivity index (χ3n) is 3.82. The third kappa shape index (κ3) is 3.77. The highest BCUT2D eigenvalue weighted by molar-refractivity contribution is 6.04. The van der Waals surface area contributed by atoms with Gasteiger partial charge in [-0.05, 0) is 53.7 Å². The number of halogens is 4. The number of amides is 1. The molecule has 0 aliphatic rings. The molecule has 146 valence electrons. The number of carbonyl (C=O) groups excluding carboxylic acids is 1. The van der Waals surface area contributed by atoms with Crippen LogP contribution in [-0.4, -0.2) is 33.2 Å². The van der Waals surface area contributed by atoms with Crippen molar-refractivity contribution < 1.29 is 27.1 Å². The molecule has 1 heterocycles. The summed E-state index contributed by atoms with van der Waals surface area (Å²) in [5, 5.41) is 13.6. The zero-order valence-electron chi connectivity index (χ0n) is 14.6. The summed E-state index contributed by atoms with van der Waals surface area (Å²) < 4.78 is 58.5. The number of carbonyl (C=O) groups is 1. The molecular weight excluding hydrogens is 382 g/mol. The number of hydrogen-bond donors (Lipinski definition) is 1. The van der Waals surface area contributed by atoms with Gasteiger partial charge in [0.1, 0.15) is 17.3 Å². The van der Waals surface area contributed by atoms with Crippen molar-refractivity contribution in [3.63, 3.8) is 0 Å². The molecule has 3 aromatic rings. The number of tetrazole rings is 1. The molecule has 1 amide bonds. The van der Waals surface area contributed by atoms with E-state index in [1.165, 1.54) is 30.0 Å².